The molecule has 0 N–H and O–H groups in total. The first-order valence-corrected chi connectivity index (χ1v) is 10.9. The van der Waals surface area contributed by atoms with Gasteiger partial charge in [-0.25, -0.2) is 9.97 Å². The van der Waals surface area contributed by atoms with Crippen molar-refractivity contribution in [2.45, 2.75) is 43.2 Å². The monoisotopic (exact) mass is 383 g/mol. The van der Waals surface area contributed by atoms with Gasteiger partial charge in [0.2, 0.25) is 5.91 Å². The highest BCUT2D eigenvalue weighted by molar-refractivity contribution is 8.00. The maximum Gasteiger partial charge on any atom is 0.237 e. The lowest BCUT2D eigenvalue weighted by atomic mass is 9.93. The molecular formula is C20H21N3OS2. The molecule has 0 radical (unpaired) electrons. The van der Waals surface area contributed by atoms with E-state index in [0.29, 0.717) is 11.8 Å². The molecule has 134 valence electrons. The van der Waals surface area contributed by atoms with Crippen LogP contribution >= 0.6 is 23.1 Å². The number of carbonyl (C=O) groups is 1. The highest BCUT2D eigenvalue weighted by Gasteiger charge is 2.27. The molecule has 0 spiro atoms. The summed E-state index contributed by atoms with van der Waals surface area (Å²) < 4.78 is 0. The van der Waals surface area contributed by atoms with Crippen molar-refractivity contribution >= 4 is 44.9 Å². The fourth-order valence-corrected chi connectivity index (χ4v) is 5.21. The Morgan fingerprint density at radius 2 is 1.92 bits per heavy atom. The lowest BCUT2D eigenvalue weighted by Crippen LogP contribution is -2.42. The number of thiophene rings is 1. The first kappa shape index (κ1) is 17.5. The van der Waals surface area contributed by atoms with E-state index in [1.807, 2.05) is 46.7 Å². The second-order valence-corrected chi connectivity index (χ2v) is 8.36. The molecular weight excluding hydrogens is 362 g/mol. The minimum atomic E-state index is 0.162. The van der Waals surface area contributed by atoms with E-state index in [1.54, 1.807) is 17.7 Å². The van der Waals surface area contributed by atoms with Gasteiger partial charge in [-0.1, -0.05) is 49.2 Å². The summed E-state index contributed by atoms with van der Waals surface area (Å²) in [5.41, 5.74) is 1.01. The fourth-order valence-electron chi connectivity index (χ4n) is 3.57. The molecule has 1 aliphatic carbocycles. The molecule has 2 aromatic heterocycles. The molecule has 6 heteroatoms. The van der Waals surface area contributed by atoms with Gasteiger partial charge >= 0.3 is 0 Å². The van der Waals surface area contributed by atoms with Gasteiger partial charge in [0.25, 0.3) is 0 Å². The molecule has 3 aromatic rings. The number of para-hydroxylation sites is 1. The summed E-state index contributed by atoms with van der Waals surface area (Å²) in [6.07, 6.45) is 7.45. The highest BCUT2D eigenvalue weighted by atomic mass is 32.2. The zero-order valence-electron chi connectivity index (χ0n) is 14.5. The Bertz CT molecular complexity index is 875. The first-order valence-electron chi connectivity index (χ1n) is 9.01. The zero-order valence-corrected chi connectivity index (χ0v) is 16.1. The van der Waals surface area contributed by atoms with Crippen LogP contribution in [-0.2, 0) is 4.79 Å². The normalized spacial score (nSPS) is 15.2. The van der Waals surface area contributed by atoms with Crippen LogP contribution in [0, 0.1) is 0 Å². The van der Waals surface area contributed by atoms with Crippen molar-refractivity contribution in [3.05, 3.63) is 48.1 Å². The summed E-state index contributed by atoms with van der Waals surface area (Å²) in [7, 11) is 0. The number of fused-ring (bicyclic) bond motifs is 1. The Kier molecular flexibility index (Phi) is 5.51. The van der Waals surface area contributed by atoms with Gasteiger partial charge in [-0.15, -0.1) is 11.3 Å². The lowest BCUT2D eigenvalue weighted by molar-refractivity contribution is -0.116. The van der Waals surface area contributed by atoms with E-state index in [4.69, 9.17) is 0 Å². The highest BCUT2D eigenvalue weighted by Crippen LogP contribution is 2.31. The van der Waals surface area contributed by atoms with Crippen LogP contribution < -0.4 is 4.90 Å². The Labute approximate surface area is 161 Å². The van der Waals surface area contributed by atoms with E-state index >= 15 is 0 Å². The predicted molar refractivity (Wildman–Crippen MR) is 109 cm³/mol. The second-order valence-electron chi connectivity index (χ2n) is 6.50. The number of hydrogen-bond donors (Lipinski definition) is 0. The SMILES string of the molecule is O=C(CSc1ncnc2sccc12)N(c1ccccc1)C1CCCCC1. The lowest BCUT2D eigenvalue weighted by Gasteiger charge is -2.34. The molecule has 1 amide bonds. The number of aromatic nitrogens is 2. The van der Waals surface area contributed by atoms with E-state index in [0.717, 1.165) is 33.8 Å². The van der Waals surface area contributed by atoms with Gasteiger partial charge in [-0.3, -0.25) is 4.79 Å². The van der Waals surface area contributed by atoms with Gasteiger partial charge in [-0.2, -0.15) is 0 Å². The van der Waals surface area contributed by atoms with Crippen molar-refractivity contribution < 1.29 is 4.79 Å². The molecule has 4 rings (SSSR count). The van der Waals surface area contributed by atoms with Crippen LogP contribution in [-0.4, -0.2) is 27.7 Å². The van der Waals surface area contributed by atoms with Crippen molar-refractivity contribution in [3.63, 3.8) is 0 Å². The molecule has 0 saturated heterocycles. The van der Waals surface area contributed by atoms with Crippen molar-refractivity contribution in [3.8, 4) is 0 Å². The Morgan fingerprint density at radius 3 is 2.73 bits per heavy atom. The van der Waals surface area contributed by atoms with Gasteiger partial charge in [0.05, 0.1) is 5.75 Å². The van der Waals surface area contributed by atoms with Gasteiger partial charge in [0.15, 0.2) is 0 Å². The maximum atomic E-state index is 13.2. The number of nitrogens with zero attached hydrogens (tertiary/aromatic N) is 3. The minimum Gasteiger partial charge on any atom is -0.309 e. The largest absolute Gasteiger partial charge is 0.309 e. The molecule has 1 aromatic carbocycles. The van der Waals surface area contributed by atoms with E-state index < -0.39 is 0 Å². The van der Waals surface area contributed by atoms with Gasteiger partial charge in [-0.05, 0) is 36.4 Å². The fraction of sp³-hybridized carbons (Fsp3) is 0.350. The van der Waals surface area contributed by atoms with Crippen LogP contribution in [0.2, 0.25) is 0 Å². The van der Waals surface area contributed by atoms with Crippen molar-refractivity contribution in [2.75, 3.05) is 10.7 Å². The quantitative estimate of drug-likeness (QED) is 0.451. The van der Waals surface area contributed by atoms with Crippen LogP contribution in [0.15, 0.2) is 53.1 Å². The third-order valence-corrected chi connectivity index (χ3v) is 6.61. The van der Waals surface area contributed by atoms with Gasteiger partial charge in [0, 0.05) is 17.1 Å². The smallest absolute Gasteiger partial charge is 0.237 e. The van der Waals surface area contributed by atoms with E-state index in [-0.39, 0.29) is 5.91 Å². The Morgan fingerprint density at radius 1 is 1.12 bits per heavy atom. The van der Waals surface area contributed by atoms with Crippen LogP contribution in [0.4, 0.5) is 5.69 Å². The number of rotatable bonds is 5. The van der Waals surface area contributed by atoms with Crippen LogP contribution in [0.1, 0.15) is 32.1 Å². The Hall–Kier alpha value is -1.92. The molecule has 4 nitrogen and oxygen atoms in total. The zero-order chi connectivity index (χ0) is 17.8. The topological polar surface area (TPSA) is 46.1 Å². The number of hydrogen-bond acceptors (Lipinski definition) is 5. The molecule has 2 heterocycles. The van der Waals surface area contributed by atoms with Crippen LogP contribution in [0.25, 0.3) is 10.2 Å². The summed E-state index contributed by atoms with van der Waals surface area (Å²) >= 11 is 3.12. The summed E-state index contributed by atoms with van der Waals surface area (Å²) in [6.45, 7) is 0. The number of thioether (sulfide) groups is 1. The minimum absolute atomic E-state index is 0.162. The van der Waals surface area contributed by atoms with E-state index in [1.165, 1.54) is 31.0 Å². The van der Waals surface area contributed by atoms with E-state index in [9.17, 15) is 4.79 Å². The molecule has 0 atom stereocenters. The van der Waals surface area contributed by atoms with Crippen molar-refractivity contribution in [1.29, 1.82) is 0 Å². The average Bonchev–Trinajstić information content (AvgIpc) is 3.18. The second kappa shape index (κ2) is 8.18. The summed E-state index contributed by atoms with van der Waals surface area (Å²) in [4.78, 5) is 24.8. The summed E-state index contributed by atoms with van der Waals surface area (Å²) in [5, 5.41) is 3.95. The Balaban J connectivity index is 1.53. The molecule has 26 heavy (non-hydrogen) atoms. The number of carbonyl (C=O) groups excluding carboxylic acids is 1. The first-order chi connectivity index (χ1) is 12.8. The molecule has 0 bridgehead atoms. The maximum absolute atomic E-state index is 13.2. The average molecular weight is 384 g/mol. The van der Waals surface area contributed by atoms with Crippen molar-refractivity contribution in [2.24, 2.45) is 0 Å². The molecule has 0 aliphatic heterocycles. The third-order valence-electron chi connectivity index (χ3n) is 4.80. The molecule has 1 fully saturated rings. The van der Waals surface area contributed by atoms with Gasteiger partial charge in [0.1, 0.15) is 16.2 Å². The number of amides is 1. The molecule has 0 unspecified atom stereocenters. The molecule has 1 saturated carbocycles. The van der Waals surface area contributed by atoms with Gasteiger partial charge < -0.3 is 4.90 Å². The summed E-state index contributed by atoms with van der Waals surface area (Å²) in [6, 6.07) is 12.4. The number of benzene rings is 1. The summed E-state index contributed by atoms with van der Waals surface area (Å²) in [5.74, 6) is 0.558. The van der Waals surface area contributed by atoms with E-state index in [2.05, 4.69) is 9.97 Å². The standard InChI is InChI=1S/C20H21N3OS2/c24-18(13-26-20-17-11-12-25-19(17)21-14-22-20)23(15-7-3-1-4-8-15)16-9-5-2-6-10-16/h1,3-4,7-8,11-12,14,16H,2,5-6,9-10,13H2. The van der Waals surface area contributed by atoms with Crippen LogP contribution in [0.3, 0.4) is 0 Å². The van der Waals surface area contributed by atoms with Crippen LogP contribution in [0.5, 0.6) is 0 Å². The number of anilines is 1. The predicted octanol–water partition coefficient (Wildman–Crippen LogP) is 5.15. The van der Waals surface area contributed by atoms with Crippen molar-refractivity contribution in [1.82, 2.24) is 9.97 Å². The molecule has 1 aliphatic rings. The third kappa shape index (κ3) is 3.76.